The van der Waals surface area contributed by atoms with Crippen LogP contribution in [0.2, 0.25) is 0 Å². The van der Waals surface area contributed by atoms with Crippen LogP contribution in [0, 0.1) is 0 Å². The Bertz CT molecular complexity index is 714. The monoisotopic (exact) mass is 258 g/mol. The molecular formula is C12H14N6O. The number of fused-ring (bicyclic) bond motifs is 1. The minimum Gasteiger partial charge on any atom is -0.334 e. The highest BCUT2D eigenvalue weighted by atomic mass is 16.5. The molecule has 0 saturated heterocycles. The molecule has 3 aromatic rings. The van der Waals surface area contributed by atoms with Gasteiger partial charge in [0.2, 0.25) is 0 Å². The summed E-state index contributed by atoms with van der Waals surface area (Å²) < 4.78 is 7.12. The van der Waals surface area contributed by atoms with Crippen molar-refractivity contribution in [2.75, 3.05) is 0 Å². The summed E-state index contributed by atoms with van der Waals surface area (Å²) in [6, 6.07) is 3.76. The number of hydrogen-bond acceptors (Lipinski definition) is 6. The first kappa shape index (κ1) is 11.8. The van der Waals surface area contributed by atoms with Gasteiger partial charge in [0.1, 0.15) is 0 Å². The van der Waals surface area contributed by atoms with E-state index in [0.29, 0.717) is 29.7 Å². The lowest BCUT2D eigenvalue weighted by atomic mass is 10.2. The molecule has 19 heavy (non-hydrogen) atoms. The highest BCUT2D eigenvalue weighted by Gasteiger charge is 2.16. The van der Waals surface area contributed by atoms with Crippen molar-refractivity contribution in [3.63, 3.8) is 0 Å². The smallest absolute Gasteiger partial charge is 0.261 e. The summed E-state index contributed by atoms with van der Waals surface area (Å²) in [4.78, 5) is 4.38. The fraction of sp³-hybridized carbons (Fsp3) is 0.333. The van der Waals surface area contributed by atoms with Crippen molar-refractivity contribution in [3.05, 3.63) is 30.0 Å². The van der Waals surface area contributed by atoms with Gasteiger partial charge in [-0.3, -0.25) is 4.40 Å². The largest absolute Gasteiger partial charge is 0.334 e. The van der Waals surface area contributed by atoms with Crippen LogP contribution in [0.25, 0.3) is 17.1 Å². The molecule has 0 aliphatic heterocycles. The highest BCUT2D eigenvalue weighted by molar-refractivity contribution is 5.71. The van der Waals surface area contributed by atoms with Crippen molar-refractivity contribution in [1.29, 1.82) is 0 Å². The zero-order chi connectivity index (χ0) is 13.4. The Morgan fingerprint density at radius 1 is 1.37 bits per heavy atom. The van der Waals surface area contributed by atoms with E-state index in [2.05, 4.69) is 20.3 Å². The van der Waals surface area contributed by atoms with Gasteiger partial charge in [0, 0.05) is 12.1 Å². The van der Waals surface area contributed by atoms with E-state index in [0.717, 1.165) is 5.56 Å². The number of aromatic nitrogens is 5. The average molecular weight is 258 g/mol. The van der Waals surface area contributed by atoms with E-state index in [1.807, 2.05) is 36.6 Å². The van der Waals surface area contributed by atoms with Crippen molar-refractivity contribution in [3.8, 4) is 11.5 Å². The van der Waals surface area contributed by atoms with Gasteiger partial charge in [0.25, 0.3) is 5.89 Å². The molecule has 7 heteroatoms. The van der Waals surface area contributed by atoms with Crippen molar-refractivity contribution in [2.24, 2.45) is 5.73 Å². The molecule has 0 bridgehead atoms. The first-order chi connectivity index (χ1) is 9.20. The van der Waals surface area contributed by atoms with E-state index >= 15 is 0 Å². The van der Waals surface area contributed by atoms with Gasteiger partial charge in [0.05, 0.1) is 12.1 Å². The normalized spacial score (nSPS) is 11.6. The van der Waals surface area contributed by atoms with E-state index in [1.165, 1.54) is 0 Å². The summed E-state index contributed by atoms with van der Waals surface area (Å²) in [5.41, 5.74) is 7.05. The summed E-state index contributed by atoms with van der Waals surface area (Å²) in [5, 5.41) is 12.1. The summed E-state index contributed by atoms with van der Waals surface area (Å²) in [5.74, 6) is 2.04. The Labute approximate surface area is 109 Å². The summed E-state index contributed by atoms with van der Waals surface area (Å²) in [6.07, 6.45) is 1.86. The highest BCUT2D eigenvalue weighted by Crippen LogP contribution is 2.23. The van der Waals surface area contributed by atoms with E-state index in [4.69, 9.17) is 10.3 Å². The molecule has 0 fully saturated rings. The number of rotatable bonds is 3. The van der Waals surface area contributed by atoms with E-state index in [9.17, 15) is 0 Å². The molecule has 0 unspecified atom stereocenters. The predicted molar refractivity (Wildman–Crippen MR) is 68.3 cm³/mol. The number of pyridine rings is 1. The number of nitrogens with zero attached hydrogens (tertiary/aromatic N) is 5. The van der Waals surface area contributed by atoms with Gasteiger partial charge >= 0.3 is 0 Å². The lowest BCUT2D eigenvalue weighted by Crippen LogP contribution is -2.02. The molecule has 2 N–H and O–H groups in total. The van der Waals surface area contributed by atoms with E-state index in [1.54, 1.807) is 0 Å². The molecule has 3 aromatic heterocycles. The fourth-order valence-electron chi connectivity index (χ4n) is 1.85. The Kier molecular flexibility index (Phi) is 2.75. The Balaban J connectivity index is 2.16. The van der Waals surface area contributed by atoms with Crippen LogP contribution in [-0.4, -0.2) is 24.7 Å². The molecule has 0 aliphatic carbocycles. The van der Waals surface area contributed by atoms with Gasteiger partial charge in [-0.25, -0.2) is 0 Å². The van der Waals surface area contributed by atoms with Crippen LogP contribution in [0.4, 0.5) is 0 Å². The van der Waals surface area contributed by atoms with Gasteiger partial charge < -0.3 is 10.3 Å². The first-order valence-corrected chi connectivity index (χ1v) is 6.07. The van der Waals surface area contributed by atoms with Crippen LogP contribution >= 0.6 is 0 Å². The van der Waals surface area contributed by atoms with Gasteiger partial charge in [-0.15, -0.1) is 10.2 Å². The van der Waals surface area contributed by atoms with Gasteiger partial charge in [-0.2, -0.15) is 4.98 Å². The molecule has 3 rings (SSSR count). The van der Waals surface area contributed by atoms with Gasteiger partial charge in [0.15, 0.2) is 17.3 Å². The Hall–Kier alpha value is -2.28. The molecule has 3 heterocycles. The number of hydrogen-bond donors (Lipinski definition) is 1. The van der Waals surface area contributed by atoms with Crippen molar-refractivity contribution in [1.82, 2.24) is 24.7 Å². The molecule has 0 aromatic carbocycles. The second-order valence-corrected chi connectivity index (χ2v) is 4.55. The molecular weight excluding hydrogens is 244 g/mol. The SMILES string of the molecule is CC(C)c1noc(-c2cccn3c(CN)nnc23)n1. The Morgan fingerprint density at radius 2 is 2.21 bits per heavy atom. The minimum absolute atomic E-state index is 0.217. The fourth-order valence-corrected chi connectivity index (χ4v) is 1.85. The third-order valence-electron chi connectivity index (χ3n) is 2.88. The summed E-state index contributed by atoms with van der Waals surface area (Å²) in [7, 11) is 0. The molecule has 0 amide bonds. The molecule has 98 valence electrons. The Morgan fingerprint density at radius 3 is 2.89 bits per heavy atom. The quantitative estimate of drug-likeness (QED) is 0.762. The standard InChI is InChI=1S/C12H14N6O/c1-7(2)10-14-12(19-17-10)8-4-3-5-18-9(6-13)15-16-11(8)18/h3-5,7H,6,13H2,1-2H3. The lowest BCUT2D eigenvalue weighted by Gasteiger charge is -1.99. The molecule has 0 spiro atoms. The first-order valence-electron chi connectivity index (χ1n) is 6.07. The third-order valence-corrected chi connectivity index (χ3v) is 2.88. The van der Waals surface area contributed by atoms with Crippen LogP contribution in [0.5, 0.6) is 0 Å². The van der Waals surface area contributed by atoms with Crippen LogP contribution in [0.3, 0.4) is 0 Å². The molecule has 0 atom stereocenters. The van der Waals surface area contributed by atoms with Crippen molar-refractivity contribution in [2.45, 2.75) is 26.3 Å². The third kappa shape index (κ3) is 1.88. The van der Waals surface area contributed by atoms with Crippen LogP contribution in [-0.2, 0) is 6.54 Å². The molecule has 7 nitrogen and oxygen atoms in total. The maximum atomic E-state index is 5.62. The predicted octanol–water partition coefficient (Wildman–Crippen LogP) is 1.36. The van der Waals surface area contributed by atoms with Crippen LogP contribution < -0.4 is 5.73 Å². The molecule has 0 saturated carbocycles. The maximum absolute atomic E-state index is 5.62. The van der Waals surface area contributed by atoms with Gasteiger partial charge in [-0.1, -0.05) is 19.0 Å². The average Bonchev–Trinajstić information content (AvgIpc) is 3.05. The molecule has 0 radical (unpaired) electrons. The zero-order valence-corrected chi connectivity index (χ0v) is 10.7. The van der Waals surface area contributed by atoms with E-state index < -0.39 is 0 Å². The summed E-state index contributed by atoms with van der Waals surface area (Å²) in [6.45, 7) is 4.35. The number of nitrogens with two attached hydrogens (primary N) is 1. The lowest BCUT2D eigenvalue weighted by molar-refractivity contribution is 0.419. The van der Waals surface area contributed by atoms with Crippen molar-refractivity contribution < 1.29 is 4.52 Å². The second kappa shape index (κ2) is 4.43. The van der Waals surface area contributed by atoms with E-state index in [-0.39, 0.29) is 5.92 Å². The minimum atomic E-state index is 0.217. The second-order valence-electron chi connectivity index (χ2n) is 4.55. The maximum Gasteiger partial charge on any atom is 0.261 e. The molecule has 0 aliphatic rings. The van der Waals surface area contributed by atoms with Crippen LogP contribution in [0.15, 0.2) is 22.9 Å². The topological polar surface area (TPSA) is 95.1 Å². The zero-order valence-electron chi connectivity index (χ0n) is 10.7. The van der Waals surface area contributed by atoms with Crippen LogP contribution in [0.1, 0.15) is 31.4 Å². The van der Waals surface area contributed by atoms with Gasteiger partial charge in [-0.05, 0) is 12.1 Å². The summed E-state index contributed by atoms with van der Waals surface area (Å²) >= 11 is 0. The van der Waals surface area contributed by atoms with Crippen molar-refractivity contribution >= 4 is 5.65 Å².